The van der Waals surface area contributed by atoms with Crippen LogP contribution in [0.25, 0.3) is 0 Å². The number of nitrogens with one attached hydrogen (secondary N) is 1. The highest BCUT2D eigenvalue weighted by molar-refractivity contribution is 5.85. The molecule has 0 aliphatic heterocycles. The normalized spacial score (nSPS) is 12.7. The molecule has 0 spiro atoms. The fraction of sp³-hybridized carbons (Fsp3) is 0.643. The number of rotatable bonds is 4. The van der Waals surface area contributed by atoms with Crippen LogP contribution in [-0.2, 0) is 23.1 Å². The average Bonchev–Trinajstić information content (AvgIpc) is 2.70. The van der Waals surface area contributed by atoms with Crippen molar-refractivity contribution in [1.82, 2.24) is 20.0 Å². The van der Waals surface area contributed by atoms with E-state index in [0.29, 0.717) is 6.54 Å². The summed E-state index contributed by atoms with van der Waals surface area (Å²) in [5, 5.41) is 6.59. The number of carbonyl (C=O) groups excluding carboxylic acids is 2. The van der Waals surface area contributed by atoms with Gasteiger partial charge in [0, 0.05) is 32.4 Å². The number of carbonyl (C=O) groups is 2. The fourth-order valence-electron chi connectivity index (χ4n) is 1.78. The van der Waals surface area contributed by atoms with Gasteiger partial charge in [-0.05, 0) is 27.7 Å². The molecule has 1 aromatic rings. The van der Waals surface area contributed by atoms with E-state index in [9.17, 15) is 9.59 Å². The molecule has 1 rings (SSSR count). The van der Waals surface area contributed by atoms with Gasteiger partial charge in [0.25, 0.3) is 0 Å². The third-order valence-corrected chi connectivity index (χ3v) is 2.66. The van der Waals surface area contributed by atoms with E-state index in [2.05, 4.69) is 10.4 Å². The summed E-state index contributed by atoms with van der Waals surface area (Å²) >= 11 is 0. The molecule has 0 aliphatic rings. The number of nitrogens with zero attached hydrogens (tertiary/aromatic N) is 3. The van der Waals surface area contributed by atoms with Crippen LogP contribution in [0.1, 0.15) is 33.3 Å². The van der Waals surface area contributed by atoms with Crippen LogP contribution >= 0.6 is 0 Å². The molecule has 0 fully saturated rings. The predicted molar refractivity (Wildman–Crippen MR) is 78.5 cm³/mol. The lowest BCUT2D eigenvalue weighted by atomic mass is 10.2. The molecule has 7 heteroatoms. The molecule has 7 nitrogen and oxygen atoms in total. The molecule has 0 aromatic carbocycles. The van der Waals surface area contributed by atoms with E-state index in [-0.39, 0.29) is 5.91 Å². The topological polar surface area (TPSA) is 76.5 Å². The largest absolute Gasteiger partial charge is 0.444 e. The zero-order valence-corrected chi connectivity index (χ0v) is 13.5. The van der Waals surface area contributed by atoms with E-state index >= 15 is 0 Å². The van der Waals surface area contributed by atoms with E-state index in [0.717, 1.165) is 5.56 Å². The molecule has 2 amide bonds. The molecular weight excluding hydrogens is 272 g/mol. The number of ether oxygens (including phenoxy) is 1. The van der Waals surface area contributed by atoms with E-state index in [1.807, 2.05) is 13.2 Å². The summed E-state index contributed by atoms with van der Waals surface area (Å²) in [7, 11) is 3.50. The van der Waals surface area contributed by atoms with Crippen LogP contribution in [0, 0.1) is 0 Å². The Kier molecular flexibility index (Phi) is 5.34. The van der Waals surface area contributed by atoms with Crippen molar-refractivity contribution < 1.29 is 14.3 Å². The molecule has 21 heavy (non-hydrogen) atoms. The zero-order valence-electron chi connectivity index (χ0n) is 13.5. The van der Waals surface area contributed by atoms with E-state index in [1.54, 1.807) is 50.5 Å². The number of likely N-dealkylation sites (N-methyl/N-ethyl adjacent to an activating group) is 1. The molecule has 1 heterocycles. The first-order valence-corrected chi connectivity index (χ1v) is 6.80. The number of aromatic nitrogens is 2. The summed E-state index contributed by atoms with van der Waals surface area (Å²) in [4.78, 5) is 25.4. The van der Waals surface area contributed by atoms with Gasteiger partial charge in [0.1, 0.15) is 11.6 Å². The van der Waals surface area contributed by atoms with Crippen molar-refractivity contribution in [3.63, 3.8) is 0 Å². The number of hydrogen-bond donors (Lipinski definition) is 1. The van der Waals surface area contributed by atoms with Crippen molar-refractivity contribution >= 4 is 12.0 Å². The van der Waals surface area contributed by atoms with E-state index < -0.39 is 17.7 Å². The van der Waals surface area contributed by atoms with Gasteiger partial charge in [0.05, 0.1) is 6.20 Å². The van der Waals surface area contributed by atoms with Gasteiger partial charge >= 0.3 is 6.09 Å². The maximum atomic E-state index is 12.2. The molecule has 0 saturated carbocycles. The van der Waals surface area contributed by atoms with Gasteiger partial charge in [-0.2, -0.15) is 5.10 Å². The highest BCUT2D eigenvalue weighted by atomic mass is 16.6. The lowest BCUT2D eigenvalue weighted by Crippen LogP contribution is -2.46. The van der Waals surface area contributed by atoms with Crippen molar-refractivity contribution in [2.75, 3.05) is 7.05 Å². The average molecular weight is 296 g/mol. The van der Waals surface area contributed by atoms with E-state index in [1.165, 1.54) is 0 Å². The zero-order chi connectivity index (χ0) is 16.2. The number of amides is 2. The lowest BCUT2D eigenvalue weighted by molar-refractivity contribution is -0.132. The summed E-state index contributed by atoms with van der Waals surface area (Å²) in [5.74, 6) is -0.190. The predicted octanol–water partition coefficient (Wildman–Crippen LogP) is 1.29. The summed E-state index contributed by atoms with van der Waals surface area (Å²) in [6.45, 7) is 7.38. The molecule has 1 unspecified atom stereocenters. The van der Waals surface area contributed by atoms with Crippen LogP contribution in [0.2, 0.25) is 0 Å². The summed E-state index contributed by atoms with van der Waals surface area (Å²) in [5.41, 5.74) is 0.340. The SMILES string of the molecule is CC(NC(=O)OC(C)(C)C)C(=O)N(C)Cc1cnn(C)c1. The van der Waals surface area contributed by atoms with Gasteiger partial charge in [-0.15, -0.1) is 0 Å². The van der Waals surface area contributed by atoms with Crippen LogP contribution in [0.4, 0.5) is 4.79 Å². The van der Waals surface area contributed by atoms with Crippen molar-refractivity contribution in [2.45, 2.75) is 45.9 Å². The van der Waals surface area contributed by atoms with Gasteiger partial charge < -0.3 is 15.0 Å². The first-order valence-electron chi connectivity index (χ1n) is 6.80. The van der Waals surface area contributed by atoms with Gasteiger partial charge in [0.2, 0.25) is 5.91 Å². The molecule has 0 saturated heterocycles. The van der Waals surface area contributed by atoms with E-state index in [4.69, 9.17) is 4.74 Å². The minimum Gasteiger partial charge on any atom is -0.444 e. The van der Waals surface area contributed by atoms with Crippen LogP contribution in [0.3, 0.4) is 0 Å². The maximum Gasteiger partial charge on any atom is 0.408 e. The number of hydrogen-bond acceptors (Lipinski definition) is 4. The Balaban J connectivity index is 2.51. The Bertz CT molecular complexity index is 505. The third-order valence-electron chi connectivity index (χ3n) is 2.66. The van der Waals surface area contributed by atoms with Gasteiger partial charge in [-0.1, -0.05) is 0 Å². The second kappa shape index (κ2) is 6.60. The van der Waals surface area contributed by atoms with Crippen LogP contribution in [-0.4, -0.2) is 45.4 Å². The lowest BCUT2D eigenvalue weighted by Gasteiger charge is -2.24. The maximum absolute atomic E-state index is 12.2. The minimum atomic E-state index is -0.651. The van der Waals surface area contributed by atoms with Crippen molar-refractivity contribution in [1.29, 1.82) is 0 Å². The van der Waals surface area contributed by atoms with Gasteiger partial charge in [0.15, 0.2) is 0 Å². The Labute approximate surface area is 125 Å². The second-order valence-electron chi connectivity index (χ2n) is 6.08. The molecule has 1 aromatic heterocycles. The van der Waals surface area contributed by atoms with Crippen LogP contribution < -0.4 is 5.32 Å². The number of aryl methyl sites for hydroxylation is 1. The fourth-order valence-corrected chi connectivity index (χ4v) is 1.78. The first kappa shape index (κ1) is 17.0. The quantitative estimate of drug-likeness (QED) is 0.908. The molecule has 0 bridgehead atoms. The smallest absolute Gasteiger partial charge is 0.408 e. The second-order valence-corrected chi connectivity index (χ2v) is 6.08. The molecule has 1 N–H and O–H groups in total. The van der Waals surface area contributed by atoms with Crippen LogP contribution in [0.5, 0.6) is 0 Å². The first-order chi connectivity index (χ1) is 9.58. The molecule has 1 atom stereocenters. The molecule has 0 aliphatic carbocycles. The summed E-state index contributed by atoms with van der Waals surface area (Å²) in [6.07, 6.45) is 2.95. The monoisotopic (exact) mass is 296 g/mol. The highest BCUT2D eigenvalue weighted by Gasteiger charge is 2.23. The van der Waals surface area contributed by atoms with Crippen molar-refractivity contribution in [3.05, 3.63) is 18.0 Å². The third kappa shape index (κ3) is 5.85. The Morgan fingerprint density at radius 1 is 1.48 bits per heavy atom. The molecule has 0 radical (unpaired) electrons. The Morgan fingerprint density at radius 3 is 2.57 bits per heavy atom. The standard InChI is InChI=1S/C14H24N4O3/c1-10(16-13(20)21-14(2,3)4)12(19)17(5)8-11-7-15-18(6)9-11/h7,9-10H,8H2,1-6H3,(H,16,20). The molecular formula is C14H24N4O3. The van der Waals surface area contributed by atoms with Gasteiger partial charge in [-0.3, -0.25) is 9.48 Å². The summed E-state index contributed by atoms with van der Waals surface area (Å²) < 4.78 is 6.80. The minimum absolute atomic E-state index is 0.190. The highest BCUT2D eigenvalue weighted by Crippen LogP contribution is 2.07. The molecule has 118 valence electrons. The van der Waals surface area contributed by atoms with Crippen molar-refractivity contribution in [3.8, 4) is 0 Å². The van der Waals surface area contributed by atoms with Gasteiger partial charge in [-0.25, -0.2) is 4.79 Å². The summed E-state index contributed by atoms with van der Waals surface area (Å²) in [6, 6.07) is -0.651. The Hall–Kier alpha value is -2.05. The van der Waals surface area contributed by atoms with Crippen LogP contribution in [0.15, 0.2) is 12.4 Å². The van der Waals surface area contributed by atoms with Crippen molar-refractivity contribution in [2.24, 2.45) is 7.05 Å². The number of alkyl carbamates (subject to hydrolysis) is 1. The Morgan fingerprint density at radius 2 is 2.10 bits per heavy atom.